The molecule has 0 spiro atoms. The van der Waals surface area contributed by atoms with E-state index in [1.54, 1.807) is 0 Å². The van der Waals surface area contributed by atoms with E-state index in [2.05, 4.69) is 24.2 Å². The molecule has 0 saturated carbocycles. The summed E-state index contributed by atoms with van der Waals surface area (Å²) in [7, 11) is 1.83. The quantitative estimate of drug-likeness (QED) is 0.643. The van der Waals surface area contributed by atoms with Gasteiger partial charge in [-0.05, 0) is 33.2 Å². The van der Waals surface area contributed by atoms with Gasteiger partial charge >= 0.3 is 0 Å². The molecule has 1 heterocycles. The minimum atomic E-state index is 0.381. The van der Waals surface area contributed by atoms with Crippen molar-refractivity contribution in [1.82, 2.24) is 10.4 Å². The second kappa shape index (κ2) is 4.80. The molecule has 0 bridgehead atoms. The Bertz CT molecular complexity index is 126. The standard InChI is InChI=1S/C9H20N2O/c1-8(2)11-6-4-5-9(7-11)12-10-3/h8-10H,4-7H2,1-3H3. The first kappa shape index (κ1) is 9.96. The van der Waals surface area contributed by atoms with E-state index < -0.39 is 0 Å². The fraction of sp³-hybridized carbons (Fsp3) is 1.00. The summed E-state index contributed by atoms with van der Waals surface area (Å²) >= 11 is 0. The average Bonchev–Trinajstić information content (AvgIpc) is 2.05. The lowest BCUT2D eigenvalue weighted by molar-refractivity contribution is -0.0544. The first-order valence-electron chi connectivity index (χ1n) is 4.80. The lowest BCUT2D eigenvalue weighted by Gasteiger charge is -2.34. The molecule has 12 heavy (non-hydrogen) atoms. The molecule has 1 aliphatic heterocycles. The number of nitrogens with zero attached hydrogens (tertiary/aromatic N) is 1. The molecule has 1 N–H and O–H groups in total. The Kier molecular flexibility index (Phi) is 3.98. The summed E-state index contributed by atoms with van der Waals surface area (Å²) in [6.07, 6.45) is 2.82. The number of hydroxylamine groups is 1. The van der Waals surface area contributed by atoms with Crippen molar-refractivity contribution < 1.29 is 4.84 Å². The van der Waals surface area contributed by atoms with Gasteiger partial charge in [-0.1, -0.05) is 0 Å². The van der Waals surface area contributed by atoms with E-state index in [4.69, 9.17) is 4.84 Å². The Morgan fingerprint density at radius 3 is 2.83 bits per heavy atom. The molecule has 1 atom stereocenters. The average molecular weight is 172 g/mol. The Morgan fingerprint density at radius 1 is 1.50 bits per heavy atom. The highest BCUT2D eigenvalue weighted by molar-refractivity contribution is 4.74. The highest BCUT2D eigenvalue weighted by atomic mass is 16.7. The van der Waals surface area contributed by atoms with Crippen LogP contribution in [0.25, 0.3) is 0 Å². The van der Waals surface area contributed by atoms with E-state index >= 15 is 0 Å². The van der Waals surface area contributed by atoms with Crippen molar-refractivity contribution in [3.63, 3.8) is 0 Å². The van der Waals surface area contributed by atoms with Gasteiger partial charge in [0.25, 0.3) is 0 Å². The van der Waals surface area contributed by atoms with Gasteiger partial charge in [0, 0.05) is 19.6 Å². The second-order valence-electron chi connectivity index (χ2n) is 3.67. The minimum Gasteiger partial charge on any atom is -0.298 e. The predicted octanol–water partition coefficient (Wildman–Crippen LogP) is 1.01. The van der Waals surface area contributed by atoms with Gasteiger partial charge in [0.1, 0.15) is 0 Å². The first-order valence-corrected chi connectivity index (χ1v) is 4.80. The molecule has 0 amide bonds. The summed E-state index contributed by atoms with van der Waals surface area (Å²) in [5.41, 5.74) is 2.77. The van der Waals surface area contributed by atoms with Crippen molar-refractivity contribution >= 4 is 0 Å². The summed E-state index contributed by atoms with van der Waals surface area (Å²) in [4.78, 5) is 7.84. The van der Waals surface area contributed by atoms with Crippen LogP contribution in [-0.2, 0) is 4.84 Å². The van der Waals surface area contributed by atoms with Gasteiger partial charge in [0.2, 0.25) is 0 Å². The number of piperidine rings is 1. The molecule has 0 aromatic heterocycles. The van der Waals surface area contributed by atoms with Crippen LogP contribution in [-0.4, -0.2) is 37.2 Å². The van der Waals surface area contributed by atoms with Crippen LogP contribution in [0.4, 0.5) is 0 Å². The molecule has 3 heteroatoms. The summed E-state index contributed by atoms with van der Waals surface area (Å²) in [6, 6.07) is 0.647. The number of nitrogens with one attached hydrogen (secondary N) is 1. The molecule has 3 nitrogen and oxygen atoms in total. The van der Waals surface area contributed by atoms with Gasteiger partial charge in [0.15, 0.2) is 0 Å². The zero-order chi connectivity index (χ0) is 8.97. The molecule has 72 valence electrons. The Hall–Kier alpha value is -0.120. The predicted molar refractivity (Wildman–Crippen MR) is 49.9 cm³/mol. The minimum absolute atomic E-state index is 0.381. The van der Waals surface area contributed by atoms with Gasteiger partial charge in [-0.25, -0.2) is 5.48 Å². The van der Waals surface area contributed by atoms with Crippen molar-refractivity contribution in [1.29, 1.82) is 0 Å². The van der Waals surface area contributed by atoms with E-state index in [0.29, 0.717) is 12.1 Å². The van der Waals surface area contributed by atoms with Crippen molar-refractivity contribution in [3.05, 3.63) is 0 Å². The lowest BCUT2D eigenvalue weighted by Crippen LogP contribution is -2.44. The van der Waals surface area contributed by atoms with Gasteiger partial charge in [-0.2, -0.15) is 0 Å². The van der Waals surface area contributed by atoms with Crippen molar-refractivity contribution in [2.24, 2.45) is 0 Å². The molecule has 1 fully saturated rings. The highest BCUT2D eigenvalue weighted by Crippen LogP contribution is 2.14. The fourth-order valence-electron chi connectivity index (χ4n) is 1.70. The van der Waals surface area contributed by atoms with Crippen LogP contribution in [0.3, 0.4) is 0 Å². The van der Waals surface area contributed by atoms with E-state index in [9.17, 15) is 0 Å². The molecular formula is C9H20N2O. The van der Waals surface area contributed by atoms with Crippen LogP contribution in [0, 0.1) is 0 Å². The molecule has 1 unspecified atom stereocenters. The Morgan fingerprint density at radius 2 is 2.25 bits per heavy atom. The third-order valence-corrected chi connectivity index (χ3v) is 2.42. The number of likely N-dealkylation sites (tertiary alicyclic amines) is 1. The Labute approximate surface area is 75.0 Å². The molecule has 0 aromatic rings. The molecule has 0 radical (unpaired) electrons. The number of hydrogen-bond acceptors (Lipinski definition) is 3. The van der Waals surface area contributed by atoms with Crippen LogP contribution in [0.15, 0.2) is 0 Å². The molecule has 1 rings (SSSR count). The molecule has 1 saturated heterocycles. The number of hydrogen-bond donors (Lipinski definition) is 1. The smallest absolute Gasteiger partial charge is 0.0917 e. The lowest BCUT2D eigenvalue weighted by atomic mass is 10.1. The van der Waals surface area contributed by atoms with Gasteiger partial charge in [0.05, 0.1) is 6.10 Å². The van der Waals surface area contributed by atoms with E-state index in [-0.39, 0.29) is 0 Å². The molecule has 0 aliphatic carbocycles. The zero-order valence-electron chi connectivity index (χ0n) is 8.34. The summed E-state index contributed by atoms with van der Waals surface area (Å²) in [6.45, 7) is 6.77. The van der Waals surface area contributed by atoms with Crippen molar-refractivity contribution in [2.45, 2.75) is 38.8 Å². The van der Waals surface area contributed by atoms with Crippen LogP contribution in [0.5, 0.6) is 0 Å². The van der Waals surface area contributed by atoms with Crippen LogP contribution in [0.2, 0.25) is 0 Å². The number of rotatable bonds is 3. The SMILES string of the molecule is CNOC1CCCN(C(C)C)C1. The second-order valence-corrected chi connectivity index (χ2v) is 3.67. The monoisotopic (exact) mass is 172 g/mol. The molecule has 1 aliphatic rings. The first-order chi connectivity index (χ1) is 5.74. The largest absolute Gasteiger partial charge is 0.298 e. The molecule has 0 aromatic carbocycles. The maximum atomic E-state index is 5.37. The van der Waals surface area contributed by atoms with E-state index in [0.717, 1.165) is 6.54 Å². The Balaban J connectivity index is 2.30. The van der Waals surface area contributed by atoms with Gasteiger partial charge in [-0.15, -0.1) is 0 Å². The van der Waals surface area contributed by atoms with Crippen LogP contribution < -0.4 is 5.48 Å². The van der Waals surface area contributed by atoms with Crippen LogP contribution >= 0.6 is 0 Å². The third-order valence-electron chi connectivity index (χ3n) is 2.42. The fourth-order valence-corrected chi connectivity index (χ4v) is 1.70. The van der Waals surface area contributed by atoms with E-state index in [1.165, 1.54) is 19.4 Å². The normalized spacial score (nSPS) is 26.5. The molecular weight excluding hydrogens is 152 g/mol. The van der Waals surface area contributed by atoms with E-state index in [1.807, 2.05) is 7.05 Å². The van der Waals surface area contributed by atoms with Crippen LogP contribution in [0.1, 0.15) is 26.7 Å². The zero-order valence-corrected chi connectivity index (χ0v) is 8.34. The van der Waals surface area contributed by atoms with Gasteiger partial charge < -0.3 is 0 Å². The topological polar surface area (TPSA) is 24.5 Å². The van der Waals surface area contributed by atoms with Gasteiger partial charge in [-0.3, -0.25) is 9.74 Å². The third kappa shape index (κ3) is 2.73. The van der Waals surface area contributed by atoms with Crippen molar-refractivity contribution in [3.8, 4) is 0 Å². The highest BCUT2D eigenvalue weighted by Gasteiger charge is 2.21. The maximum absolute atomic E-state index is 5.37. The summed E-state index contributed by atoms with van der Waals surface area (Å²) < 4.78 is 0. The van der Waals surface area contributed by atoms with Crippen molar-refractivity contribution in [2.75, 3.05) is 20.1 Å². The summed E-state index contributed by atoms with van der Waals surface area (Å²) in [5, 5.41) is 0. The summed E-state index contributed by atoms with van der Waals surface area (Å²) in [5.74, 6) is 0. The maximum Gasteiger partial charge on any atom is 0.0917 e.